The van der Waals surface area contributed by atoms with Crippen molar-refractivity contribution in [3.63, 3.8) is 0 Å². The summed E-state index contributed by atoms with van der Waals surface area (Å²) < 4.78 is 31.7. The zero-order valence-corrected chi connectivity index (χ0v) is 7.49. The number of carboxylic acids is 1. The standard InChI is InChI=1S/C2HF3O2.FH.K/c3-2(4,5)1(6)7;;/h(H,6,7);1H;/q;;+1/p-1. The van der Waals surface area contributed by atoms with Crippen LogP contribution in [0.4, 0.5) is 13.2 Å². The number of hydrogen-bond acceptors (Lipinski definition) is 1. The molecule has 0 radical (unpaired) electrons. The van der Waals surface area contributed by atoms with Crippen LogP contribution in [-0.4, -0.2) is 17.3 Å². The minimum Gasteiger partial charge on any atom is -1.00 e. The van der Waals surface area contributed by atoms with Crippen molar-refractivity contribution in [2.24, 2.45) is 0 Å². The third kappa shape index (κ3) is 8.83. The van der Waals surface area contributed by atoms with Crippen LogP contribution in [-0.2, 0) is 4.79 Å². The fraction of sp³-hybridized carbons (Fsp3) is 0.500. The van der Waals surface area contributed by atoms with Crippen LogP contribution in [0.5, 0.6) is 0 Å². The SMILES string of the molecule is O=C(O)C(F)(F)F.[F-].[K+]. The van der Waals surface area contributed by atoms with E-state index in [9.17, 15) is 13.2 Å². The minimum atomic E-state index is -5.08. The number of alkyl halides is 3. The van der Waals surface area contributed by atoms with Gasteiger partial charge >= 0.3 is 63.5 Å². The van der Waals surface area contributed by atoms with Gasteiger partial charge in [-0.3, -0.25) is 0 Å². The Labute approximate surface area is 90.2 Å². The van der Waals surface area contributed by atoms with Gasteiger partial charge in [0.1, 0.15) is 0 Å². The van der Waals surface area contributed by atoms with E-state index < -0.39 is 12.1 Å². The first-order valence-corrected chi connectivity index (χ1v) is 1.24. The van der Waals surface area contributed by atoms with Crippen molar-refractivity contribution >= 4 is 5.97 Å². The Hall–Kier alpha value is 0.826. The Balaban J connectivity index is -0.000000180. The molecule has 0 heterocycles. The van der Waals surface area contributed by atoms with Crippen molar-refractivity contribution in [2.45, 2.75) is 6.18 Å². The molecule has 50 valence electrons. The van der Waals surface area contributed by atoms with E-state index in [-0.39, 0.29) is 56.1 Å². The second-order valence-electron chi connectivity index (χ2n) is 0.803. The van der Waals surface area contributed by atoms with E-state index in [0.29, 0.717) is 0 Å². The molecule has 0 aliphatic rings. The Kier molecular flexibility index (Phi) is 10.2. The van der Waals surface area contributed by atoms with Crippen molar-refractivity contribution < 1.29 is 79.2 Å². The van der Waals surface area contributed by atoms with Gasteiger partial charge in [0, 0.05) is 0 Å². The first-order chi connectivity index (χ1) is 2.94. The van der Waals surface area contributed by atoms with Crippen molar-refractivity contribution in [3.05, 3.63) is 0 Å². The van der Waals surface area contributed by atoms with Crippen LogP contribution in [0.2, 0.25) is 0 Å². The number of rotatable bonds is 0. The zero-order valence-electron chi connectivity index (χ0n) is 4.37. The molecule has 0 saturated carbocycles. The normalized spacial score (nSPS) is 8.78. The molecule has 0 saturated heterocycles. The van der Waals surface area contributed by atoms with Gasteiger partial charge in [-0.25, -0.2) is 4.79 Å². The predicted molar refractivity (Wildman–Crippen MR) is 13.7 cm³/mol. The van der Waals surface area contributed by atoms with Gasteiger partial charge in [0.25, 0.3) is 0 Å². The molecule has 0 aromatic rings. The van der Waals surface area contributed by atoms with Crippen molar-refractivity contribution in [2.75, 3.05) is 0 Å². The molecule has 0 spiro atoms. The van der Waals surface area contributed by atoms with Gasteiger partial charge in [0.05, 0.1) is 0 Å². The maximum Gasteiger partial charge on any atom is 1.00 e. The molecule has 1 N–H and O–H groups in total. The summed E-state index contributed by atoms with van der Waals surface area (Å²) >= 11 is 0. The molecular weight excluding hydrogens is 171 g/mol. The Morgan fingerprint density at radius 2 is 1.44 bits per heavy atom. The molecule has 0 rings (SSSR count). The van der Waals surface area contributed by atoms with Gasteiger partial charge < -0.3 is 9.81 Å². The third-order valence-electron chi connectivity index (χ3n) is 0.243. The molecule has 0 bridgehead atoms. The molecule has 0 aliphatic heterocycles. The van der Waals surface area contributed by atoms with E-state index in [1.165, 1.54) is 0 Å². The monoisotopic (exact) mass is 172 g/mol. The molecule has 0 atom stereocenters. The largest absolute Gasteiger partial charge is 1.00 e. The van der Waals surface area contributed by atoms with Gasteiger partial charge in [0.15, 0.2) is 0 Å². The fourth-order valence-electron chi connectivity index (χ4n) is 0. The Morgan fingerprint density at radius 3 is 1.44 bits per heavy atom. The minimum absolute atomic E-state index is 0. The van der Waals surface area contributed by atoms with Crippen LogP contribution >= 0.6 is 0 Å². The molecule has 0 aromatic carbocycles. The first kappa shape index (κ1) is 16.4. The number of carboxylic acid groups (broad SMARTS) is 1. The van der Waals surface area contributed by atoms with Gasteiger partial charge in [0.2, 0.25) is 0 Å². The molecule has 7 heteroatoms. The quantitative estimate of drug-likeness (QED) is 0.292. The zero-order chi connectivity index (χ0) is 6.08. The van der Waals surface area contributed by atoms with E-state index in [2.05, 4.69) is 0 Å². The molecule has 0 fully saturated rings. The molecule has 9 heavy (non-hydrogen) atoms. The first-order valence-electron chi connectivity index (χ1n) is 1.24. The Morgan fingerprint density at radius 1 is 1.33 bits per heavy atom. The number of aliphatic carboxylic acids is 1. The van der Waals surface area contributed by atoms with E-state index in [4.69, 9.17) is 9.90 Å². The van der Waals surface area contributed by atoms with E-state index >= 15 is 0 Å². The molecule has 0 aliphatic carbocycles. The molecular formula is C2HF4KO2. The van der Waals surface area contributed by atoms with Gasteiger partial charge in [-0.15, -0.1) is 0 Å². The molecule has 0 aromatic heterocycles. The predicted octanol–water partition coefficient (Wildman–Crippen LogP) is -5.36. The van der Waals surface area contributed by atoms with Gasteiger partial charge in [-0.05, 0) is 0 Å². The third-order valence-corrected chi connectivity index (χ3v) is 0.243. The second-order valence-corrected chi connectivity index (χ2v) is 0.803. The summed E-state index contributed by atoms with van der Waals surface area (Å²) in [6, 6.07) is 0. The summed E-state index contributed by atoms with van der Waals surface area (Å²) in [4.78, 5) is 8.90. The summed E-state index contributed by atoms with van der Waals surface area (Å²) in [5.74, 6) is -2.76. The van der Waals surface area contributed by atoms with Crippen molar-refractivity contribution in [3.8, 4) is 0 Å². The summed E-state index contributed by atoms with van der Waals surface area (Å²) in [5, 5.41) is 7.12. The van der Waals surface area contributed by atoms with Crippen LogP contribution in [0, 0.1) is 0 Å². The maximum atomic E-state index is 10.6. The fourth-order valence-corrected chi connectivity index (χ4v) is 0. The van der Waals surface area contributed by atoms with Crippen LogP contribution in [0.25, 0.3) is 0 Å². The summed E-state index contributed by atoms with van der Waals surface area (Å²) in [5.41, 5.74) is 0. The summed E-state index contributed by atoms with van der Waals surface area (Å²) in [6.07, 6.45) is -5.08. The van der Waals surface area contributed by atoms with Crippen LogP contribution in [0.3, 0.4) is 0 Å². The van der Waals surface area contributed by atoms with Crippen LogP contribution < -0.4 is 56.1 Å². The Bertz CT molecular complexity index is 89.1. The van der Waals surface area contributed by atoms with E-state index in [1.54, 1.807) is 0 Å². The second kappa shape index (κ2) is 5.60. The molecule has 0 unspecified atom stereocenters. The number of halogens is 4. The van der Waals surface area contributed by atoms with E-state index in [1.807, 2.05) is 0 Å². The van der Waals surface area contributed by atoms with E-state index in [0.717, 1.165) is 0 Å². The van der Waals surface area contributed by atoms with Crippen LogP contribution in [0.15, 0.2) is 0 Å². The van der Waals surface area contributed by atoms with Gasteiger partial charge in [-0.1, -0.05) is 0 Å². The molecule has 0 amide bonds. The number of hydrogen-bond donors (Lipinski definition) is 1. The maximum absolute atomic E-state index is 10.6. The summed E-state index contributed by atoms with van der Waals surface area (Å²) in [6.45, 7) is 0. The average Bonchev–Trinajstić information content (AvgIpc) is 1.31. The van der Waals surface area contributed by atoms with Gasteiger partial charge in [-0.2, -0.15) is 13.2 Å². The summed E-state index contributed by atoms with van der Waals surface area (Å²) in [7, 11) is 0. The topological polar surface area (TPSA) is 37.3 Å². The smallest absolute Gasteiger partial charge is 1.00 e. The van der Waals surface area contributed by atoms with Crippen molar-refractivity contribution in [1.29, 1.82) is 0 Å². The number of carbonyl (C=O) groups is 1. The van der Waals surface area contributed by atoms with Crippen LogP contribution in [0.1, 0.15) is 0 Å². The average molecular weight is 172 g/mol. The molecule has 2 nitrogen and oxygen atoms in total. The van der Waals surface area contributed by atoms with Crippen molar-refractivity contribution in [1.82, 2.24) is 0 Å².